The number of carbonyl (C=O) groups is 1. The second kappa shape index (κ2) is 11.4. The summed E-state index contributed by atoms with van der Waals surface area (Å²) in [6.45, 7) is 4.84. The maximum absolute atomic E-state index is 12.2. The molecule has 7 nitrogen and oxygen atoms in total. The minimum absolute atomic E-state index is 0.0217. The van der Waals surface area contributed by atoms with Crippen LogP contribution in [-0.4, -0.2) is 53.9 Å². The average Bonchev–Trinajstić information content (AvgIpc) is 3.46. The standard InChI is InChI=1S/C33H36N2O5/c1-21-17-31(38-2)29(26-11-13-34-32(21)26)20-35-14-12-23-19-30(35)25-9-10-27(33(36)37)24-8-7-22(18-28(24)25)39-15-5-3-4-6-16-40-23/h4,6-11,13,17-18,23,30,34H,3,5,12,14-16,19-20H2,1-2H3,(H,36,37)/b6-4+/t23-,30+/m0/s1. The Labute approximate surface area is 234 Å². The zero-order valence-corrected chi connectivity index (χ0v) is 23.1. The highest BCUT2D eigenvalue weighted by Gasteiger charge is 2.33. The SMILES string of the molecule is COc1cc(C)c2[nH]ccc2c1CN1CC[C@H]2C[C@@H]1c1ccc(C(=O)O)c3ccc(cc13)OCCC/C=C/CO2. The number of methoxy groups -OCH3 is 1. The molecule has 0 saturated carbocycles. The number of piperidine rings is 1. The Morgan fingerprint density at radius 3 is 2.88 bits per heavy atom. The van der Waals surface area contributed by atoms with Crippen LogP contribution in [0.1, 0.15) is 58.8 Å². The molecule has 1 saturated heterocycles. The minimum Gasteiger partial charge on any atom is -0.496 e. The fraction of sp³-hybridized carbons (Fsp3) is 0.364. The third-order valence-electron chi connectivity index (χ3n) is 8.35. The van der Waals surface area contributed by atoms with Crippen molar-refractivity contribution in [2.45, 2.75) is 51.3 Å². The Bertz CT molecular complexity index is 1570. The van der Waals surface area contributed by atoms with Gasteiger partial charge in [-0.15, -0.1) is 0 Å². The summed E-state index contributed by atoms with van der Waals surface area (Å²) in [5, 5.41) is 12.8. The number of H-pyrrole nitrogens is 1. The number of hydrogen-bond donors (Lipinski definition) is 2. The summed E-state index contributed by atoms with van der Waals surface area (Å²) in [6, 6.07) is 13.8. The van der Waals surface area contributed by atoms with E-state index in [0.29, 0.717) is 25.3 Å². The molecule has 0 spiro atoms. The van der Waals surface area contributed by atoms with E-state index in [9.17, 15) is 9.90 Å². The van der Waals surface area contributed by atoms with Crippen molar-refractivity contribution in [2.24, 2.45) is 0 Å². The molecule has 3 aromatic carbocycles. The highest BCUT2D eigenvalue weighted by molar-refractivity contribution is 6.05. The topological polar surface area (TPSA) is 84.0 Å². The van der Waals surface area contributed by atoms with Crippen molar-refractivity contribution < 1.29 is 24.1 Å². The lowest BCUT2D eigenvalue weighted by Crippen LogP contribution is -2.39. The van der Waals surface area contributed by atoms with Crippen LogP contribution in [0.15, 0.2) is 60.8 Å². The van der Waals surface area contributed by atoms with Crippen molar-refractivity contribution in [3.05, 3.63) is 83.1 Å². The number of rotatable bonds is 4. The number of aromatic carboxylic acids is 1. The Balaban J connectivity index is 1.47. The summed E-state index contributed by atoms with van der Waals surface area (Å²) >= 11 is 0. The Hall–Kier alpha value is -3.81. The van der Waals surface area contributed by atoms with Gasteiger partial charge in [0.05, 0.1) is 32.0 Å². The van der Waals surface area contributed by atoms with Crippen molar-refractivity contribution in [1.29, 1.82) is 0 Å². The molecular formula is C33H36N2O5. The smallest absolute Gasteiger partial charge is 0.336 e. The molecule has 40 heavy (non-hydrogen) atoms. The molecule has 208 valence electrons. The van der Waals surface area contributed by atoms with E-state index in [1.54, 1.807) is 13.2 Å². The molecule has 2 aliphatic rings. The summed E-state index contributed by atoms with van der Waals surface area (Å²) in [4.78, 5) is 18.0. The van der Waals surface area contributed by atoms with E-state index in [1.165, 1.54) is 5.39 Å². The monoisotopic (exact) mass is 540 g/mol. The number of aryl methyl sites for hydroxylation is 1. The average molecular weight is 541 g/mol. The number of nitrogens with zero attached hydrogens (tertiary/aromatic N) is 1. The van der Waals surface area contributed by atoms with Gasteiger partial charge in [0.15, 0.2) is 0 Å². The largest absolute Gasteiger partial charge is 0.496 e. The van der Waals surface area contributed by atoms with Gasteiger partial charge in [0, 0.05) is 41.8 Å². The first-order valence-corrected chi connectivity index (χ1v) is 14.1. The number of ether oxygens (including phenoxy) is 3. The summed E-state index contributed by atoms with van der Waals surface area (Å²) < 4.78 is 18.3. The van der Waals surface area contributed by atoms with Gasteiger partial charge in [-0.3, -0.25) is 4.90 Å². The van der Waals surface area contributed by atoms with Crippen LogP contribution in [0.2, 0.25) is 0 Å². The number of allylic oxidation sites excluding steroid dienone is 1. The highest BCUT2D eigenvalue weighted by atomic mass is 16.5. The summed E-state index contributed by atoms with van der Waals surface area (Å²) in [7, 11) is 1.73. The van der Waals surface area contributed by atoms with Gasteiger partial charge >= 0.3 is 5.97 Å². The Kier molecular flexibility index (Phi) is 7.50. The lowest BCUT2D eigenvalue weighted by atomic mass is 9.88. The Morgan fingerprint density at radius 2 is 2.02 bits per heavy atom. The van der Waals surface area contributed by atoms with Gasteiger partial charge in [0.2, 0.25) is 0 Å². The molecule has 0 amide bonds. The van der Waals surface area contributed by atoms with Crippen LogP contribution in [0.4, 0.5) is 0 Å². The predicted molar refractivity (Wildman–Crippen MR) is 156 cm³/mol. The van der Waals surface area contributed by atoms with Crippen molar-refractivity contribution in [3.8, 4) is 11.5 Å². The van der Waals surface area contributed by atoms with E-state index in [4.69, 9.17) is 14.2 Å². The van der Waals surface area contributed by atoms with E-state index < -0.39 is 5.97 Å². The zero-order chi connectivity index (χ0) is 27.6. The number of carboxylic acids is 1. The van der Waals surface area contributed by atoms with E-state index in [0.717, 1.165) is 76.7 Å². The third kappa shape index (κ3) is 5.07. The first kappa shape index (κ1) is 26.4. The first-order chi connectivity index (χ1) is 19.5. The second-order valence-corrected chi connectivity index (χ2v) is 10.8. The molecule has 2 atom stereocenters. The second-order valence-electron chi connectivity index (χ2n) is 10.8. The fourth-order valence-corrected chi connectivity index (χ4v) is 6.32. The molecular weight excluding hydrogens is 504 g/mol. The van der Waals surface area contributed by atoms with Gasteiger partial charge in [0.25, 0.3) is 0 Å². The molecule has 1 aromatic heterocycles. The van der Waals surface area contributed by atoms with Gasteiger partial charge in [-0.1, -0.05) is 18.2 Å². The molecule has 1 fully saturated rings. The molecule has 0 unspecified atom stereocenters. The lowest BCUT2D eigenvalue weighted by molar-refractivity contribution is -0.00745. The third-order valence-corrected chi connectivity index (χ3v) is 8.35. The number of benzene rings is 3. The van der Waals surface area contributed by atoms with Gasteiger partial charge in [-0.25, -0.2) is 4.79 Å². The number of aromatic amines is 1. The molecule has 3 heterocycles. The number of aromatic nitrogens is 1. The number of hydrogen-bond acceptors (Lipinski definition) is 5. The van der Waals surface area contributed by atoms with Crippen LogP contribution in [0.5, 0.6) is 11.5 Å². The van der Waals surface area contributed by atoms with E-state index in [1.807, 2.05) is 30.5 Å². The summed E-state index contributed by atoms with van der Waals surface area (Å²) in [5.74, 6) is 0.717. The molecule has 0 radical (unpaired) electrons. The zero-order valence-electron chi connectivity index (χ0n) is 23.1. The maximum atomic E-state index is 12.2. The number of nitrogens with one attached hydrogen (secondary N) is 1. The fourth-order valence-electron chi connectivity index (χ4n) is 6.32. The van der Waals surface area contributed by atoms with Crippen LogP contribution < -0.4 is 9.47 Å². The number of fused-ring (bicyclic) bond motifs is 5. The van der Waals surface area contributed by atoms with Crippen LogP contribution in [-0.2, 0) is 11.3 Å². The van der Waals surface area contributed by atoms with Crippen molar-refractivity contribution in [3.63, 3.8) is 0 Å². The maximum Gasteiger partial charge on any atom is 0.336 e. The molecule has 2 N–H and O–H groups in total. The van der Waals surface area contributed by atoms with Gasteiger partial charge in [-0.05, 0) is 90.9 Å². The minimum atomic E-state index is -0.928. The van der Waals surface area contributed by atoms with Crippen LogP contribution >= 0.6 is 0 Å². The first-order valence-electron chi connectivity index (χ1n) is 14.1. The van der Waals surface area contributed by atoms with Crippen molar-refractivity contribution in [1.82, 2.24) is 9.88 Å². The molecule has 0 aliphatic carbocycles. The lowest BCUT2D eigenvalue weighted by Gasteiger charge is -2.40. The molecule has 6 rings (SSSR count). The van der Waals surface area contributed by atoms with Crippen molar-refractivity contribution >= 4 is 27.6 Å². The predicted octanol–water partition coefficient (Wildman–Crippen LogP) is 6.79. The molecule has 4 aromatic rings. The summed E-state index contributed by atoms with van der Waals surface area (Å²) in [5.41, 5.74) is 4.83. The normalized spacial score (nSPS) is 21.1. The van der Waals surface area contributed by atoms with Gasteiger partial charge in [0.1, 0.15) is 11.5 Å². The van der Waals surface area contributed by atoms with Crippen LogP contribution in [0.25, 0.3) is 21.7 Å². The summed E-state index contributed by atoms with van der Waals surface area (Å²) in [6.07, 6.45) is 9.94. The van der Waals surface area contributed by atoms with Crippen molar-refractivity contribution in [2.75, 3.05) is 26.9 Å². The van der Waals surface area contributed by atoms with E-state index >= 15 is 0 Å². The number of likely N-dealkylation sites (tertiary alicyclic amines) is 1. The highest BCUT2D eigenvalue weighted by Crippen LogP contribution is 2.41. The molecule has 4 bridgehead atoms. The van der Waals surface area contributed by atoms with E-state index in [2.05, 4.69) is 41.1 Å². The Morgan fingerprint density at radius 1 is 1.12 bits per heavy atom. The van der Waals surface area contributed by atoms with Gasteiger partial charge < -0.3 is 24.3 Å². The molecule has 2 aliphatic heterocycles. The molecule has 7 heteroatoms. The van der Waals surface area contributed by atoms with E-state index in [-0.39, 0.29) is 12.1 Å². The van der Waals surface area contributed by atoms with Crippen LogP contribution in [0.3, 0.4) is 0 Å². The van der Waals surface area contributed by atoms with Gasteiger partial charge in [-0.2, -0.15) is 0 Å². The number of carboxylic acid groups (broad SMARTS) is 1. The van der Waals surface area contributed by atoms with Crippen LogP contribution in [0, 0.1) is 6.92 Å². The quantitative estimate of drug-likeness (QED) is 0.277.